The first kappa shape index (κ1) is 17.5. The van der Waals surface area contributed by atoms with E-state index in [-0.39, 0.29) is 30.4 Å². The minimum Gasteiger partial charge on any atom is -0.371 e. The molecule has 0 aromatic carbocycles. The van der Waals surface area contributed by atoms with Crippen molar-refractivity contribution in [2.75, 3.05) is 32.8 Å². The van der Waals surface area contributed by atoms with Gasteiger partial charge in [0.15, 0.2) is 0 Å². The summed E-state index contributed by atoms with van der Waals surface area (Å²) < 4.78 is 6.12. The van der Waals surface area contributed by atoms with E-state index in [1.165, 1.54) is 58.0 Å². The van der Waals surface area contributed by atoms with Gasteiger partial charge in [-0.15, -0.1) is 24.8 Å². The summed E-state index contributed by atoms with van der Waals surface area (Å²) in [7, 11) is 0. The lowest BCUT2D eigenvalue weighted by Gasteiger charge is -2.48. The predicted molar refractivity (Wildman–Crippen MR) is 83.7 cm³/mol. The Kier molecular flexibility index (Phi) is 7.41. The summed E-state index contributed by atoms with van der Waals surface area (Å²) in [5.41, 5.74) is 0.147. The molecule has 2 saturated heterocycles. The van der Waals surface area contributed by atoms with Crippen molar-refractivity contribution in [1.29, 1.82) is 0 Å². The van der Waals surface area contributed by atoms with Gasteiger partial charge in [0.1, 0.15) is 0 Å². The summed E-state index contributed by atoms with van der Waals surface area (Å²) in [6.45, 7) is 5.51. The molecule has 1 aliphatic carbocycles. The molecule has 3 nitrogen and oxygen atoms in total. The molecule has 19 heavy (non-hydrogen) atoms. The van der Waals surface area contributed by atoms with Crippen molar-refractivity contribution < 1.29 is 4.74 Å². The van der Waals surface area contributed by atoms with Gasteiger partial charge in [-0.3, -0.25) is 4.90 Å². The summed E-state index contributed by atoms with van der Waals surface area (Å²) in [5, 5.41) is 3.52. The molecule has 1 unspecified atom stereocenters. The average molecular weight is 311 g/mol. The zero-order chi connectivity index (χ0) is 11.6. The number of hydrogen-bond acceptors (Lipinski definition) is 3. The van der Waals surface area contributed by atoms with E-state index in [9.17, 15) is 0 Å². The Balaban J connectivity index is 0.000000902. The van der Waals surface area contributed by atoms with E-state index >= 15 is 0 Å². The van der Waals surface area contributed by atoms with Crippen LogP contribution in [0.1, 0.15) is 44.9 Å². The Bertz CT molecular complexity index is 248. The van der Waals surface area contributed by atoms with E-state index in [2.05, 4.69) is 10.2 Å². The fourth-order valence-corrected chi connectivity index (χ4v) is 3.83. The summed E-state index contributed by atoms with van der Waals surface area (Å²) in [5.74, 6) is 0. The van der Waals surface area contributed by atoms with Crippen molar-refractivity contribution in [2.45, 2.75) is 56.6 Å². The Labute approximate surface area is 129 Å². The van der Waals surface area contributed by atoms with Crippen molar-refractivity contribution in [3.8, 4) is 0 Å². The van der Waals surface area contributed by atoms with Crippen molar-refractivity contribution in [3.05, 3.63) is 0 Å². The van der Waals surface area contributed by atoms with E-state index in [0.717, 1.165) is 25.7 Å². The summed E-state index contributed by atoms with van der Waals surface area (Å²) in [4.78, 5) is 2.73. The number of piperidine rings is 1. The highest BCUT2D eigenvalue weighted by Gasteiger charge is 2.39. The maximum Gasteiger partial charge on any atom is 0.0933 e. The fraction of sp³-hybridized carbons (Fsp3) is 1.00. The topological polar surface area (TPSA) is 24.5 Å². The second-order valence-corrected chi connectivity index (χ2v) is 6.07. The molecular weight excluding hydrogens is 283 g/mol. The Morgan fingerprint density at radius 2 is 1.84 bits per heavy atom. The summed E-state index contributed by atoms with van der Waals surface area (Å²) in [6.07, 6.45) is 9.70. The summed E-state index contributed by atoms with van der Waals surface area (Å²) in [6, 6.07) is 0.853. The third kappa shape index (κ3) is 4.21. The van der Waals surface area contributed by atoms with Crippen LogP contribution in [0.5, 0.6) is 0 Å². The normalized spacial score (nSPS) is 33.5. The molecule has 0 radical (unpaired) electrons. The minimum absolute atomic E-state index is 0. The lowest BCUT2D eigenvalue weighted by molar-refractivity contribution is -0.130. The first-order chi connectivity index (χ1) is 8.38. The highest BCUT2D eigenvalue weighted by atomic mass is 35.5. The largest absolute Gasteiger partial charge is 0.371 e. The third-order valence-electron chi connectivity index (χ3n) is 4.80. The maximum absolute atomic E-state index is 6.12. The Hall–Kier alpha value is 0.460. The molecule has 3 rings (SSSR count). The van der Waals surface area contributed by atoms with E-state index < -0.39 is 0 Å². The van der Waals surface area contributed by atoms with Crippen LogP contribution in [-0.4, -0.2) is 49.3 Å². The van der Waals surface area contributed by atoms with Gasteiger partial charge in [0, 0.05) is 25.7 Å². The van der Waals surface area contributed by atoms with E-state index in [0.29, 0.717) is 0 Å². The zero-order valence-corrected chi connectivity index (χ0v) is 13.4. The van der Waals surface area contributed by atoms with Crippen molar-refractivity contribution in [3.63, 3.8) is 0 Å². The van der Waals surface area contributed by atoms with Gasteiger partial charge in [-0.25, -0.2) is 0 Å². The lowest BCUT2D eigenvalue weighted by atomic mass is 9.88. The molecule has 0 aromatic rings. The van der Waals surface area contributed by atoms with Gasteiger partial charge in [0.2, 0.25) is 0 Å². The number of halogens is 2. The fourth-order valence-electron chi connectivity index (χ4n) is 3.83. The Morgan fingerprint density at radius 1 is 1.05 bits per heavy atom. The smallest absolute Gasteiger partial charge is 0.0933 e. The van der Waals surface area contributed by atoms with E-state index in [1.807, 2.05) is 0 Å². The molecule has 0 amide bonds. The van der Waals surface area contributed by atoms with Crippen molar-refractivity contribution >= 4 is 24.8 Å². The van der Waals surface area contributed by atoms with Crippen LogP contribution < -0.4 is 5.32 Å². The highest BCUT2D eigenvalue weighted by molar-refractivity contribution is 5.85. The SMILES string of the molecule is C1CCC(N2CCOC3(CCCNC3)C2)CC1.Cl.Cl. The van der Waals surface area contributed by atoms with Crippen LogP contribution in [0.15, 0.2) is 0 Å². The number of morpholine rings is 1. The van der Waals surface area contributed by atoms with Gasteiger partial charge < -0.3 is 10.1 Å². The van der Waals surface area contributed by atoms with Crippen LogP contribution in [0.2, 0.25) is 0 Å². The van der Waals surface area contributed by atoms with Crippen LogP contribution in [0, 0.1) is 0 Å². The van der Waals surface area contributed by atoms with Crippen molar-refractivity contribution in [2.24, 2.45) is 0 Å². The second-order valence-electron chi connectivity index (χ2n) is 6.07. The summed E-state index contributed by atoms with van der Waals surface area (Å²) >= 11 is 0. The maximum atomic E-state index is 6.12. The average Bonchev–Trinajstić information content (AvgIpc) is 2.41. The second kappa shape index (κ2) is 8.04. The van der Waals surface area contributed by atoms with Crippen LogP contribution in [0.4, 0.5) is 0 Å². The molecule has 0 bridgehead atoms. The van der Waals surface area contributed by atoms with Gasteiger partial charge in [-0.2, -0.15) is 0 Å². The van der Waals surface area contributed by atoms with Gasteiger partial charge in [-0.1, -0.05) is 19.3 Å². The monoisotopic (exact) mass is 310 g/mol. The molecule has 1 saturated carbocycles. The molecule has 1 N–H and O–H groups in total. The molecule has 114 valence electrons. The van der Waals surface area contributed by atoms with E-state index in [1.54, 1.807) is 0 Å². The molecule has 5 heteroatoms. The number of rotatable bonds is 1. The molecule has 2 aliphatic heterocycles. The van der Waals surface area contributed by atoms with Gasteiger partial charge in [0.25, 0.3) is 0 Å². The first-order valence-corrected chi connectivity index (χ1v) is 7.47. The molecular formula is C14H28Cl2N2O. The minimum atomic E-state index is 0. The zero-order valence-electron chi connectivity index (χ0n) is 11.7. The van der Waals surface area contributed by atoms with Crippen LogP contribution in [-0.2, 0) is 4.74 Å². The molecule has 3 fully saturated rings. The molecule has 1 atom stereocenters. The lowest BCUT2D eigenvalue weighted by Crippen LogP contribution is -2.60. The Morgan fingerprint density at radius 3 is 2.53 bits per heavy atom. The number of nitrogens with zero attached hydrogens (tertiary/aromatic N) is 1. The number of ether oxygens (including phenoxy) is 1. The third-order valence-corrected chi connectivity index (χ3v) is 4.80. The number of nitrogens with one attached hydrogen (secondary N) is 1. The molecule has 1 spiro atoms. The molecule has 0 aromatic heterocycles. The van der Waals surface area contributed by atoms with Gasteiger partial charge in [-0.05, 0) is 32.2 Å². The number of hydrogen-bond donors (Lipinski definition) is 1. The standard InChI is InChI=1S/C14H26N2O.2ClH/c1-2-5-13(6-3-1)16-9-10-17-14(12-16)7-4-8-15-11-14;;/h13,15H,1-12H2;2*1H. The quantitative estimate of drug-likeness (QED) is 0.806. The van der Waals surface area contributed by atoms with Crippen molar-refractivity contribution in [1.82, 2.24) is 10.2 Å². The first-order valence-electron chi connectivity index (χ1n) is 7.47. The van der Waals surface area contributed by atoms with Crippen LogP contribution in [0.25, 0.3) is 0 Å². The van der Waals surface area contributed by atoms with Gasteiger partial charge >= 0.3 is 0 Å². The van der Waals surface area contributed by atoms with E-state index in [4.69, 9.17) is 4.74 Å². The molecule has 2 heterocycles. The highest BCUT2D eigenvalue weighted by Crippen LogP contribution is 2.30. The van der Waals surface area contributed by atoms with Crippen LogP contribution in [0.3, 0.4) is 0 Å². The predicted octanol–water partition coefficient (Wildman–Crippen LogP) is 2.62. The van der Waals surface area contributed by atoms with Gasteiger partial charge in [0.05, 0.1) is 12.2 Å². The molecule has 3 aliphatic rings. The van der Waals surface area contributed by atoms with Crippen LogP contribution >= 0.6 is 24.8 Å².